The highest BCUT2D eigenvalue weighted by molar-refractivity contribution is 5.75. The van der Waals surface area contributed by atoms with Crippen LogP contribution in [0.25, 0.3) is 0 Å². The van der Waals surface area contributed by atoms with Gasteiger partial charge in [-0.3, -0.25) is 4.79 Å². The van der Waals surface area contributed by atoms with Gasteiger partial charge in [0.1, 0.15) is 0 Å². The van der Waals surface area contributed by atoms with E-state index in [9.17, 15) is 9.90 Å². The molecular weight excluding hydrogens is 236 g/mol. The molecule has 0 aromatic rings. The van der Waals surface area contributed by atoms with Crippen molar-refractivity contribution in [3.63, 3.8) is 0 Å². The minimum atomic E-state index is -0.649. The van der Waals surface area contributed by atoms with E-state index in [0.717, 1.165) is 25.9 Å². The van der Waals surface area contributed by atoms with Gasteiger partial charge in [0.15, 0.2) is 0 Å². The van der Waals surface area contributed by atoms with Gasteiger partial charge in [-0.15, -0.1) is 0 Å². The van der Waals surface area contributed by atoms with Crippen molar-refractivity contribution in [3.05, 3.63) is 0 Å². The van der Waals surface area contributed by atoms with Crippen LogP contribution >= 0.6 is 0 Å². The molecule has 106 valence electrons. The molecule has 1 atom stereocenters. The molecular formula is C12H24N2O4. The van der Waals surface area contributed by atoms with Gasteiger partial charge in [0.05, 0.1) is 25.4 Å². The summed E-state index contributed by atoms with van der Waals surface area (Å²) in [5, 5.41) is 15.3. The molecule has 18 heavy (non-hydrogen) atoms. The fraction of sp³-hybridized carbons (Fsp3) is 0.917. The third-order valence-electron chi connectivity index (χ3n) is 2.86. The van der Waals surface area contributed by atoms with Crippen molar-refractivity contribution in [1.29, 1.82) is 0 Å². The molecule has 0 bridgehead atoms. The lowest BCUT2D eigenvalue weighted by molar-refractivity contribution is -0.123. The Kier molecular flexibility index (Phi) is 7.91. The van der Waals surface area contributed by atoms with Gasteiger partial charge in [0, 0.05) is 20.1 Å². The summed E-state index contributed by atoms with van der Waals surface area (Å²) in [4.78, 5) is 11.4. The molecule has 1 aliphatic heterocycles. The van der Waals surface area contributed by atoms with Gasteiger partial charge in [-0.05, 0) is 25.9 Å². The Bertz CT molecular complexity index is 232. The van der Waals surface area contributed by atoms with Crippen LogP contribution in [0.5, 0.6) is 0 Å². The van der Waals surface area contributed by atoms with Crippen molar-refractivity contribution in [3.8, 4) is 0 Å². The third-order valence-corrected chi connectivity index (χ3v) is 2.86. The summed E-state index contributed by atoms with van der Waals surface area (Å²) in [5.41, 5.74) is 0. The van der Waals surface area contributed by atoms with Crippen LogP contribution < -0.4 is 10.6 Å². The van der Waals surface area contributed by atoms with Crippen LogP contribution in [0.15, 0.2) is 0 Å². The molecule has 6 nitrogen and oxygen atoms in total. The number of hydrogen-bond acceptors (Lipinski definition) is 5. The zero-order chi connectivity index (χ0) is 13.2. The fourth-order valence-electron chi connectivity index (χ4n) is 1.85. The third kappa shape index (κ3) is 6.90. The van der Waals surface area contributed by atoms with E-state index in [2.05, 4.69) is 10.6 Å². The molecule has 0 aliphatic carbocycles. The normalized spacial score (nSPS) is 18.6. The monoisotopic (exact) mass is 260 g/mol. The van der Waals surface area contributed by atoms with Gasteiger partial charge >= 0.3 is 0 Å². The largest absolute Gasteiger partial charge is 0.389 e. The Morgan fingerprint density at radius 2 is 2.22 bits per heavy atom. The molecule has 1 aliphatic rings. The molecule has 0 radical (unpaired) electrons. The summed E-state index contributed by atoms with van der Waals surface area (Å²) >= 11 is 0. The summed E-state index contributed by atoms with van der Waals surface area (Å²) in [6.45, 7) is 2.86. The van der Waals surface area contributed by atoms with Crippen molar-refractivity contribution in [2.45, 2.75) is 31.5 Å². The van der Waals surface area contributed by atoms with Gasteiger partial charge in [-0.25, -0.2) is 0 Å². The maximum Gasteiger partial charge on any atom is 0.222 e. The number of amides is 1. The number of carbonyl (C=O) groups excluding carboxylic acids is 1. The Morgan fingerprint density at radius 1 is 1.50 bits per heavy atom. The van der Waals surface area contributed by atoms with E-state index in [4.69, 9.17) is 9.47 Å². The van der Waals surface area contributed by atoms with E-state index in [1.165, 1.54) is 7.11 Å². The van der Waals surface area contributed by atoms with E-state index < -0.39 is 6.10 Å². The summed E-state index contributed by atoms with van der Waals surface area (Å²) in [6, 6.07) is 0. The second-order valence-corrected chi connectivity index (χ2v) is 4.48. The van der Waals surface area contributed by atoms with Gasteiger partial charge in [0.2, 0.25) is 5.91 Å². The van der Waals surface area contributed by atoms with Crippen LogP contribution in [0.2, 0.25) is 0 Å². The molecule has 1 fully saturated rings. The molecule has 0 aromatic heterocycles. The Morgan fingerprint density at radius 3 is 2.89 bits per heavy atom. The first kappa shape index (κ1) is 15.4. The summed E-state index contributed by atoms with van der Waals surface area (Å²) < 4.78 is 10.4. The maximum absolute atomic E-state index is 11.4. The van der Waals surface area contributed by atoms with Crippen LogP contribution in [-0.4, -0.2) is 63.2 Å². The molecule has 0 spiro atoms. The van der Waals surface area contributed by atoms with E-state index in [0.29, 0.717) is 13.0 Å². The Balaban J connectivity index is 1.99. The van der Waals surface area contributed by atoms with Crippen LogP contribution in [0, 0.1) is 0 Å². The standard InChI is InChI=1S/C12H24N2O4/c1-17-9-10(15)8-14-12(16)4-7-18-11-2-5-13-6-3-11/h10-11,13,15H,2-9H2,1H3,(H,14,16). The van der Waals surface area contributed by atoms with E-state index >= 15 is 0 Å². The molecule has 1 amide bonds. The SMILES string of the molecule is COCC(O)CNC(=O)CCOC1CCNCC1. The number of nitrogens with one attached hydrogen (secondary N) is 2. The highest BCUT2D eigenvalue weighted by Crippen LogP contribution is 2.07. The number of carbonyl (C=O) groups is 1. The smallest absolute Gasteiger partial charge is 0.222 e. The molecule has 1 rings (SSSR count). The van der Waals surface area contributed by atoms with E-state index in [1.807, 2.05) is 0 Å². The second-order valence-electron chi connectivity index (χ2n) is 4.48. The molecule has 1 heterocycles. The van der Waals surface area contributed by atoms with Crippen molar-refractivity contribution < 1.29 is 19.4 Å². The van der Waals surface area contributed by atoms with Crippen molar-refractivity contribution in [2.75, 3.05) is 40.0 Å². The molecule has 0 aromatic carbocycles. The number of ether oxygens (including phenoxy) is 2. The second kappa shape index (κ2) is 9.27. The molecule has 1 unspecified atom stereocenters. The fourth-order valence-corrected chi connectivity index (χ4v) is 1.85. The zero-order valence-corrected chi connectivity index (χ0v) is 11.0. The van der Waals surface area contributed by atoms with E-state index in [1.54, 1.807) is 0 Å². The predicted molar refractivity (Wildman–Crippen MR) is 67.4 cm³/mol. The maximum atomic E-state index is 11.4. The zero-order valence-electron chi connectivity index (χ0n) is 11.0. The predicted octanol–water partition coefficient (Wildman–Crippen LogP) is -0.731. The first-order valence-corrected chi connectivity index (χ1v) is 6.48. The molecule has 3 N–H and O–H groups in total. The van der Waals surface area contributed by atoms with Gasteiger partial charge < -0.3 is 25.2 Å². The Hall–Kier alpha value is -0.690. The van der Waals surface area contributed by atoms with Crippen molar-refractivity contribution in [1.82, 2.24) is 10.6 Å². The van der Waals surface area contributed by atoms with Gasteiger partial charge in [0.25, 0.3) is 0 Å². The molecule has 6 heteroatoms. The highest BCUT2D eigenvalue weighted by Gasteiger charge is 2.13. The summed E-state index contributed by atoms with van der Waals surface area (Å²) in [5.74, 6) is -0.0981. The lowest BCUT2D eigenvalue weighted by atomic mass is 10.1. The lowest BCUT2D eigenvalue weighted by Gasteiger charge is -2.22. The minimum absolute atomic E-state index is 0.0981. The van der Waals surface area contributed by atoms with Crippen molar-refractivity contribution in [2.24, 2.45) is 0 Å². The van der Waals surface area contributed by atoms with Crippen LogP contribution in [0.3, 0.4) is 0 Å². The molecule has 0 saturated carbocycles. The number of rotatable bonds is 8. The van der Waals surface area contributed by atoms with Gasteiger partial charge in [-0.1, -0.05) is 0 Å². The number of methoxy groups -OCH3 is 1. The lowest BCUT2D eigenvalue weighted by Crippen LogP contribution is -2.36. The number of hydrogen-bond donors (Lipinski definition) is 3. The average molecular weight is 260 g/mol. The van der Waals surface area contributed by atoms with Crippen LogP contribution in [0.4, 0.5) is 0 Å². The minimum Gasteiger partial charge on any atom is -0.389 e. The average Bonchev–Trinajstić information content (AvgIpc) is 2.38. The van der Waals surface area contributed by atoms with Crippen LogP contribution in [-0.2, 0) is 14.3 Å². The first-order valence-electron chi connectivity index (χ1n) is 6.48. The van der Waals surface area contributed by atoms with E-state index in [-0.39, 0.29) is 25.2 Å². The number of aliphatic hydroxyl groups excluding tert-OH is 1. The topological polar surface area (TPSA) is 79.8 Å². The van der Waals surface area contributed by atoms with Gasteiger partial charge in [-0.2, -0.15) is 0 Å². The summed E-state index contributed by atoms with van der Waals surface area (Å²) in [7, 11) is 1.51. The highest BCUT2D eigenvalue weighted by atomic mass is 16.5. The summed E-state index contributed by atoms with van der Waals surface area (Å²) in [6.07, 6.45) is 1.98. The number of piperidine rings is 1. The first-order chi connectivity index (χ1) is 8.72. The van der Waals surface area contributed by atoms with Crippen molar-refractivity contribution >= 4 is 5.91 Å². The Labute approximate surface area is 108 Å². The molecule has 1 saturated heterocycles. The quantitative estimate of drug-likeness (QED) is 0.536. The number of aliphatic hydroxyl groups is 1. The van der Waals surface area contributed by atoms with Crippen LogP contribution in [0.1, 0.15) is 19.3 Å².